The number of fused-ring (bicyclic) bond motifs is 1. The highest BCUT2D eigenvalue weighted by molar-refractivity contribution is 5.78. The van der Waals surface area contributed by atoms with Gasteiger partial charge in [0.1, 0.15) is 0 Å². The van der Waals surface area contributed by atoms with Gasteiger partial charge in [0.05, 0.1) is 11.0 Å². The van der Waals surface area contributed by atoms with E-state index >= 15 is 0 Å². The second-order valence-corrected chi connectivity index (χ2v) is 4.87. The van der Waals surface area contributed by atoms with Gasteiger partial charge in [0.25, 0.3) is 0 Å². The summed E-state index contributed by atoms with van der Waals surface area (Å²) in [6, 6.07) is 18.8. The van der Waals surface area contributed by atoms with Crippen molar-refractivity contribution in [2.45, 2.75) is 19.4 Å². The fourth-order valence-electron chi connectivity index (χ4n) is 2.57. The average Bonchev–Trinajstić information content (AvgIpc) is 2.75. The molecular formula is C16H17N3. The molecule has 3 rings (SSSR count). The highest BCUT2D eigenvalue weighted by atomic mass is 15.2. The van der Waals surface area contributed by atoms with E-state index in [-0.39, 0.29) is 6.04 Å². The molecule has 0 aliphatic rings. The number of benzene rings is 2. The lowest BCUT2D eigenvalue weighted by Crippen LogP contribution is -2.11. The number of nitrogens with two attached hydrogens (primary N) is 1. The van der Waals surface area contributed by atoms with E-state index in [2.05, 4.69) is 46.8 Å². The molecule has 0 aliphatic heterocycles. The maximum absolute atomic E-state index is 6.06. The first-order valence-electron chi connectivity index (χ1n) is 6.52. The van der Waals surface area contributed by atoms with Crippen LogP contribution in [0.4, 0.5) is 5.95 Å². The molecule has 0 amide bonds. The van der Waals surface area contributed by atoms with E-state index in [1.807, 2.05) is 24.3 Å². The minimum Gasteiger partial charge on any atom is -0.369 e. The van der Waals surface area contributed by atoms with E-state index < -0.39 is 0 Å². The summed E-state index contributed by atoms with van der Waals surface area (Å²) in [5, 5.41) is 0. The molecule has 0 saturated heterocycles. The van der Waals surface area contributed by atoms with E-state index in [9.17, 15) is 0 Å². The third-order valence-electron chi connectivity index (χ3n) is 3.44. The summed E-state index contributed by atoms with van der Waals surface area (Å²) in [5.41, 5.74) is 9.43. The third kappa shape index (κ3) is 2.19. The zero-order valence-electron chi connectivity index (χ0n) is 11.0. The monoisotopic (exact) mass is 251 g/mol. The Morgan fingerprint density at radius 3 is 2.53 bits per heavy atom. The summed E-state index contributed by atoms with van der Waals surface area (Å²) in [5.74, 6) is 0.588. The van der Waals surface area contributed by atoms with Gasteiger partial charge in [-0.05, 0) is 31.0 Å². The summed E-state index contributed by atoms with van der Waals surface area (Å²) in [7, 11) is 0. The molecule has 3 heteroatoms. The number of imidazole rings is 1. The Kier molecular flexibility index (Phi) is 2.95. The molecule has 1 aromatic heterocycles. The molecule has 1 unspecified atom stereocenters. The number of para-hydroxylation sites is 2. The quantitative estimate of drug-likeness (QED) is 0.775. The molecule has 0 saturated carbocycles. The highest BCUT2D eigenvalue weighted by Gasteiger charge is 2.13. The van der Waals surface area contributed by atoms with Crippen LogP contribution in [-0.2, 0) is 6.42 Å². The van der Waals surface area contributed by atoms with Gasteiger partial charge >= 0.3 is 0 Å². The zero-order valence-corrected chi connectivity index (χ0v) is 11.0. The Morgan fingerprint density at radius 2 is 1.74 bits per heavy atom. The molecular weight excluding hydrogens is 234 g/mol. The molecule has 0 spiro atoms. The lowest BCUT2D eigenvalue weighted by atomic mass is 10.1. The summed E-state index contributed by atoms with van der Waals surface area (Å²) in [4.78, 5) is 4.42. The third-order valence-corrected chi connectivity index (χ3v) is 3.44. The van der Waals surface area contributed by atoms with Crippen LogP contribution < -0.4 is 5.73 Å². The summed E-state index contributed by atoms with van der Waals surface area (Å²) < 4.78 is 2.11. The van der Waals surface area contributed by atoms with Gasteiger partial charge < -0.3 is 10.3 Å². The number of rotatable bonds is 3. The molecule has 2 N–H and O–H groups in total. The van der Waals surface area contributed by atoms with Gasteiger partial charge in [-0.2, -0.15) is 0 Å². The van der Waals surface area contributed by atoms with Crippen molar-refractivity contribution in [2.24, 2.45) is 0 Å². The van der Waals surface area contributed by atoms with Crippen LogP contribution in [0.25, 0.3) is 11.0 Å². The van der Waals surface area contributed by atoms with Crippen LogP contribution in [0, 0.1) is 0 Å². The predicted octanol–water partition coefficient (Wildman–Crippen LogP) is 3.42. The minimum absolute atomic E-state index is 0.287. The topological polar surface area (TPSA) is 43.8 Å². The molecule has 96 valence electrons. The van der Waals surface area contributed by atoms with E-state index in [1.54, 1.807) is 0 Å². The Morgan fingerprint density at radius 1 is 1.05 bits per heavy atom. The second kappa shape index (κ2) is 4.76. The first kappa shape index (κ1) is 11.8. The number of nitrogen functional groups attached to an aromatic ring is 1. The molecule has 19 heavy (non-hydrogen) atoms. The molecule has 2 aromatic carbocycles. The second-order valence-electron chi connectivity index (χ2n) is 4.87. The molecule has 1 heterocycles. The van der Waals surface area contributed by atoms with Crippen LogP contribution in [0.3, 0.4) is 0 Å². The van der Waals surface area contributed by atoms with Gasteiger partial charge in [-0.25, -0.2) is 4.98 Å². The van der Waals surface area contributed by atoms with Crippen LogP contribution in [0.5, 0.6) is 0 Å². The number of anilines is 1. The number of aromatic nitrogens is 2. The maximum atomic E-state index is 6.06. The van der Waals surface area contributed by atoms with E-state index in [4.69, 9.17) is 5.73 Å². The number of hydrogen-bond acceptors (Lipinski definition) is 2. The van der Waals surface area contributed by atoms with Crippen LogP contribution >= 0.6 is 0 Å². The fourth-order valence-corrected chi connectivity index (χ4v) is 2.57. The normalized spacial score (nSPS) is 12.7. The van der Waals surface area contributed by atoms with Gasteiger partial charge in [0.15, 0.2) is 0 Å². The Hall–Kier alpha value is -2.29. The van der Waals surface area contributed by atoms with E-state index in [0.717, 1.165) is 17.5 Å². The van der Waals surface area contributed by atoms with Crippen molar-refractivity contribution < 1.29 is 0 Å². The Labute approximate surface area is 112 Å². The van der Waals surface area contributed by atoms with Crippen molar-refractivity contribution in [3.05, 3.63) is 60.2 Å². The van der Waals surface area contributed by atoms with Gasteiger partial charge in [-0.15, -0.1) is 0 Å². The van der Waals surface area contributed by atoms with Crippen molar-refractivity contribution in [3.63, 3.8) is 0 Å². The van der Waals surface area contributed by atoms with Gasteiger partial charge in [0.2, 0.25) is 5.95 Å². The fraction of sp³-hybridized carbons (Fsp3) is 0.188. The first-order chi connectivity index (χ1) is 9.25. The SMILES string of the molecule is CC(Cc1ccccc1)n1c(N)nc2ccccc21. The van der Waals surface area contributed by atoms with Gasteiger partial charge in [-0.1, -0.05) is 42.5 Å². The van der Waals surface area contributed by atoms with Gasteiger partial charge in [-0.3, -0.25) is 0 Å². The van der Waals surface area contributed by atoms with Crippen molar-refractivity contribution in [2.75, 3.05) is 5.73 Å². The Balaban J connectivity index is 1.97. The molecule has 3 nitrogen and oxygen atoms in total. The number of nitrogens with zero attached hydrogens (tertiary/aromatic N) is 2. The van der Waals surface area contributed by atoms with Crippen LogP contribution in [0.2, 0.25) is 0 Å². The molecule has 0 bridgehead atoms. The van der Waals surface area contributed by atoms with E-state index in [0.29, 0.717) is 5.95 Å². The van der Waals surface area contributed by atoms with Crippen molar-refractivity contribution in [3.8, 4) is 0 Å². The van der Waals surface area contributed by atoms with Crippen molar-refractivity contribution >= 4 is 17.0 Å². The van der Waals surface area contributed by atoms with Crippen LogP contribution in [0.1, 0.15) is 18.5 Å². The summed E-state index contributed by atoms with van der Waals surface area (Å²) in [6.45, 7) is 2.18. The standard InChI is InChI=1S/C16H17N3/c1-12(11-13-7-3-2-4-8-13)19-15-10-6-5-9-14(15)18-16(19)17/h2-10,12H,11H2,1H3,(H2,17,18). The molecule has 0 radical (unpaired) electrons. The molecule has 1 atom stereocenters. The molecule has 3 aromatic rings. The summed E-state index contributed by atoms with van der Waals surface area (Å²) >= 11 is 0. The smallest absolute Gasteiger partial charge is 0.201 e. The van der Waals surface area contributed by atoms with Crippen LogP contribution in [-0.4, -0.2) is 9.55 Å². The average molecular weight is 251 g/mol. The van der Waals surface area contributed by atoms with Crippen molar-refractivity contribution in [1.82, 2.24) is 9.55 Å². The predicted molar refractivity (Wildman–Crippen MR) is 79.0 cm³/mol. The lowest BCUT2D eigenvalue weighted by Gasteiger charge is -2.16. The minimum atomic E-state index is 0.287. The number of hydrogen-bond donors (Lipinski definition) is 1. The molecule has 0 aliphatic carbocycles. The van der Waals surface area contributed by atoms with Crippen molar-refractivity contribution in [1.29, 1.82) is 0 Å². The summed E-state index contributed by atoms with van der Waals surface area (Å²) in [6.07, 6.45) is 0.950. The van der Waals surface area contributed by atoms with E-state index in [1.165, 1.54) is 5.56 Å². The largest absolute Gasteiger partial charge is 0.369 e. The van der Waals surface area contributed by atoms with Crippen LogP contribution in [0.15, 0.2) is 54.6 Å². The Bertz CT molecular complexity index is 686. The van der Waals surface area contributed by atoms with Gasteiger partial charge in [0, 0.05) is 6.04 Å². The molecule has 0 fully saturated rings. The zero-order chi connectivity index (χ0) is 13.2. The highest BCUT2D eigenvalue weighted by Crippen LogP contribution is 2.24. The first-order valence-corrected chi connectivity index (χ1v) is 6.52. The maximum Gasteiger partial charge on any atom is 0.201 e. The lowest BCUT2D eigenvalue weighted by molar-refractivity contribution is 0.567.